The molecule has 2 aromatic carbocycles. The molecule has 0 saturated heterocycles. The lowest BCUT2D eigenvalue weighted by Gasteiger charge is -2.02. The van der Waals surface area contributed by atoms with E-state index in [2.05, 4.69) is 9.72 Å². The minimum absolute atomic E-state index is 0.0861. The molecule has 0 fully saturated rings. The van der Waals surface area contributed by atoms with Gasteiger partial charge < -0.3 is 13.9 Å². The predicted octanol–water partition coefficient (Wildman–Crippen LogP) is 3.49. The number of rotatable bonds is 5. The van der Waals surface area contributed by atoms with E-state index in [1.165, 1.54) is 13.4 Å². The van der Waals surface area contributed by atoms with Gasteiger partial charge in [0.05, 0.1) is 12.7 Å². The van der Waals surface area contributed by atoms with Crippen molar-refractivity contribution >= 4 is 11.9 Å². The van der Waals surface area contributed by atoms with E-state index in [4.69, 9.17) is 9.15 Å². The van der Waals surface area contributed by atoms with Crippen LogP contribution in [0.15, 0.2) is 65.3 Å². The first-order valence-corrected chi connectivity index (χ1v) is 7.52. The molecule has 0 atom stereocenters. The summed E-state index contributed by atoms with van der Waals surface area (Å²) in [5, 5.41) is 0. The Hall–Kier alpha value is -3.41. The summed E-state index contributed by atoms with van der Waals surface area (Å²) in [5.74, 6) is -0.725. The highest BCUT2D eigenvalue weighted by Gasteiger charge is 2.15. The minimum Gasteiger partial charge on any atom is -0.465 e. The van der Waals surface area contributed by atoms with Crippen LogP contribution in [0.2, 0.25) is 0 Å². The molecule has 6 heteroatoms. The van der Waals surface area contributed by atoms with E-state index in [1.807, 2.05) is 30.3 Å². The molecule has 6 nitrogen and oxygen atoms in total. The number of hydrogen-bond donors (Lipinski definition) is 0. The van der Waals surface area contributed by atoms with Gasteiger partial charge in [0, 0.05) is 5.56 Å². The van der Waals surface area contributed by atoms with Crippen LogP contribution in [0.25, 0.3) is 11.5 Å². The summed E-state index contributed by atoms with van der Waals surface area (Å²) < 4.78 is 15.2. The second-order valence-electron chi connectivity index (χ2n) is 5.17. The Bertz CT molecular complexity index is 868. The second-order valence-corrected chi connectivity index (χ2v) is 5.17. The van der Waals surface area contributed by atoms with Crippen molar-refractivity contribution < 1.29 is 23.5 Å². The van der Waals surface area contributed by atoms with Crippen molar-refractivity contribution in [2.75, 3.05) is 7.11 Å². The summed E-state index contributed by atoms with van der Waals surface area (Å²) in [5.41, 5.74) is 2.02. The fraction of sp³-hybridized carbons (Fsp3) is 0.105. The number of benzene rings is 2. The van der Waals surface area contributed by atoms with Crippen molar-refractivity contribution in [2.45, 2.75) is 6.61 Å². The molecule has 3 rings (SSSR count). The third-order valence-corrected chi connectivity index (χ3v) is 3.48. The molecule has 0 aliphatic rings. The van der Waals surface area contributed by atoms with Crippen molar-refractivity contribution in [1.29, 1.82) is 0 Å². The number of esters is 2. The van der Waals surface area contributed by atoms with Crippen LogP contribution in [-0.4, -0.2) is 24.0 Å². The Kier molecular flexibility index (Phi) is 4.89. The zero-order valence-corrected chi connectivity index (χ0v) is 13.5. The monoisotopic (exact) mass is 337 g/mol. The number of nitrogens with zero attached hydrogens (tertiary/aromatic N) is 1. The average Bonchev–Trinajstić information content (AvgIpc) is 3.17. The number of carbonyl (C=O) groups is 2. The molecule has 0 saturated carbocycles. The topological polar surface area (TPSA) is 78.6 Å². The van der Waals surface area contributed by atoms with Gasteiger partial charge in [0.25, 0.3) is 0 Å². The molecule has 126 valence electrons. The summed E-state index contributed by atoms with van der Waals surface area (Å²) in [6, 6.07) is 15.9. The van der Waals surface area contributed by atoms with Gasteiger partial charge in [0.2, 0.25) is 5.89 Å². The van der Waals surface area contributed by atoms with Crippen LogP contribution in [0, 0.1) is 0 Å². The molecule has 1 aromatic heterocycles. The lowest BCUT2D eigenvalue weighted by molar-refractivity contribution is 0.0465. The summed E-state index contributed by atoms with van der Waals surface area (Å²) in [4.78, 5) is 27.6. The zero-order valence-electron chi connectivity index (χ0n) is 13.5. The van der Waals surface area contributed by atoms with E-state index in [0.717, 1.165) is 5.56 Å². The standard InChI is InChI=1S/C19H15NO5/c1-23-18(21)15-9-7-14(8-10-15)17-20-16(12-24-17)19(22)25-11-13-5-3-2-4-6-13/h2-10,12H,11H2,1H3. The van der Waals surface area contributed by atoms with Crippen LogP contribution >= 0.6 is 0 Å². The molecule has 0 radical (unpaired) electrons. The van der Waals surface area contributed by atoms with Gasteiger partial charge in [-0.3, -0.25) is 0 Å². The maximum atomic E-state index is 12.0. The first kappa shape index (κ1) is 16.4. The van der Waals surface area contributed by atoms with Crippen molar-refractivity contribution in [3.63, 3.8) is 0 Å². The number of oxazole rings is 1. The SMILES string of the molecule is COC(=O)c1ccc(-c2nc(C(=O)OCc3ccccc3)co2)cc1. The van der Waals surface area contributed by atoms with Crippen LogP contribution in [0.5, 0.6) is 0 Å². The molecule has 0 aliphatic heterocycles. The van der Waals surface area contributed by atoms with E-state index in [9.17, 15) is 9.59 Å². The third kappa shape index (κ3) is 3.92. The number of methoxy groups -OCH3 is 1. The summed E-state index contributed by atoms with van der Waals surface area (Å²) in [7, 11) is 1.32. The normalized spacial score (nSPS) is 10.3. The molecule has 0 unspecified atom stereocenters. The van der Waals surface area contributed by atoms with E-state index in [-0.39, 0.29) is 18.2 Å². The summed E-state index contributed by atoms with van der Waals surface area (Å²) in [6.45, 7) is 0.162. The number of hydrogen-bond acceptors (Lipinski definition) is 6. The van der Waals surface area contributed by atoms with Gasteiger partial charge in [-0.15, -0.1) is 0 Å². The summed E-state index contributed by atoms with van der Waals surface area (Å²) in [6.07, 6.45) is 1.25. The number of aromatic nitrogens is 1. The van der Waals surface area contributed by atoms with E-state index < -0.39 is 11.9 Å². The molecule has 1 heterocycles. The third-order valence-electron chi connectivity index (χ3n) is 3.48. The molecular formula is C19H15NO5. The Morgan fingerprint density at radius 3 is 2.40 bits per heavy atom. The van der Waals surface area contributed by atoms with Gasteiger partial charge in [0.1, 0.15) is 12.9 Å². The first-order chi connectivity index (χ1) is 12.2. The van der Waals surface area contributed by atoms with Crippen LogP contribution < -0.4 is 0 Å². The average molecular weight is 337 g/mol. The van der Waals surface area contributed by atoms with Gasteiger partial charge in [-0.05, 0) is 29.8 Å². The largest absolute Gasteiger partial charge is 0.465 e. The van der Waals surface area contributed by atoms with E-state index in [0.29, 0.717) is 11.1 Å². The van der Waals surface area contributed by atoms with E-state index >= 15 is 0 Å². The Labute approximate surface area is 144 Å². The van der Waals surface area contributed by atoms with Crippen molar-refractivity contribution in [2.24, 2.45) is 0 Å². The van der Waals surface area contributed by atoms with Gasteiger partial charge in [-0.1, -0.05) is 30.3 Å². The first-order valence-electron chi connectivity index (χ1n) is 7.52. The Morgan fingerprint density at radius 2 is 1.72 bits per heavy atom. The maximum Gasteiger partial charge on any atom is 0.360 e. The molecule has 0 aliphatic carbocycles. The van der Waals surface area contributed by atoms with Crippen LogP contribution in [0.4, 0.5) is 0 Å². The quantitative estimate of drug-likeness (QED) is 0.663. The second kappa shape index (κ2) is 7.44. The lowest BCUT2D eigenvalue weighted by Crippen LogP contribution is -2.05. The molecule has 0 spiro atoms. The van der Waals surface area contributed by atoms with Gasteiger partial charge >= 0.3 is 11.9 Å². The molecule has 25 heavy (non-hydrogen) atoms. The molecule has 3 aromatic rings. The smallest absolute Gasteiger partial charge is 0.360 e. The molecular weight excluding hydrogens is 322 g/mol. The predicted molar refractivity (Wildman–Crippen MR) is 88.8 cm³/mol. The lowest BCUT2D eigenvalue weighted by atomic mass is 10.1. The van der Waals surface area contributed by atoms with Crippen molar-refractivity contribution in [3.05, 3.63) is 77.7 Å². The molecule has 0 bridgehead atoms. The summed E-state index contributed by atoms with van der Waals surface area (Å²) >= 11 is 0. The Balaban J connectivity index is 1.67. The fourth-order valence-corrected chi connectivity index (χ4v) is 2.16. The number of ether oxygens (including phenoxy) is 2. The van der Waals surface area contributed by atoms with Crippen molar-refractivity contribution in [3.8, 4) is 11.5 Å². The minimum atomic E-state index is -0.565. The van der Waals surface area contributed by atoms with Crippen LogP contribution in [0.1, 0.15) is 26.4 Å². The van der Waals surface area contributed by atoms with Crippen LogP contribution in [-0.2, 0) is 16.1 Å². The van der Waals surface area contributed by atoms with Crippen molar-refractivity contribution in [1.82, 2.24) is 4.98 Å². The van der Waals surface area contributed by atoms with Gasteiger partial charge in [-0.25, -0.2) is 14.6 Å². The molecule has 0 N–H and O–H groups in total. The highest BCUT2D eigenvalue weighted by atomic mass is 16.5. The van der Waals surface area contributed by atoms with Crippen LogP contribution in [0.3, 0.4) is 0 Å². The zero-order chi connectivity index (χ0) is 17.6. The Morgan fingerprint density at radius 1 is 1.00 bits per heavy atom. The van der Waals surface area contributed by atoms with Gasteiger partial charge in [0.15, 0.2) is 5.69 Å². The van der Waals surface area contributed by atoms with E-state index in [1.54, 1.807) is 24.3 Å². The highest BCUT2D eigenvalue weighted by molar-refractivity contribution is 5.90. The number of carbonyl (C=O) groups excluding carboxylic acids is 2. The maximum absolute atomic E-state index is 12.0. The highest BCUT2D eigenvalue weighted by Crippen LogP contribution is 2.20. The fourth-order valence-electron chi connectivity index (χ4n) is 2.16. The molecule has 0 amide bonds. The van der Waals surface area contributed by atoms with Gasteiger partial charge in [-0.2, -0.15) is 0 Å².